The first-order valence-corrected chi connectivity index (χ1v) is 10.8. The number of amides is 1. The molecule has 0 fully saturated rings. The van der Waals surface area contributed by atoms with E-state index in [1.807, 2.05) is 0 Å². The molecule has 2 N–H and O–H groups in total. The van der Waals surface area contributed by atoms with Gasteiger partial charge in [-0.1, -0.05) is 29.3 Å². The minimum Gasteiger partial charge on any atom is -0.452 e. The summed E-state index contributed by atoms with van der Waals surface area (Å²) in [7, 11) is -3.65. The summed E-state index contributed by atoms with van der Waals surface area (Å²) in [5.74, 6) is -1.28. The van der Waals surface area contributed by atoms with E-state index < -0.39 is 28.0 Å². The van der Waals surface area contributed by atoms with E-state index in [4.69, 9.17) is 27.9 Å². The van der Waals surface area contributed by atoms with E-state index in [9.17, 15) is 18.0 Å². The molecule has 1 aromatic heterocycles. The highest BCUT2D eigenvalue weighted by Gasteiger charge is 2.19. The van der Waals surface area contributed by atoms with Crippen molar-refractivity contribution in [2.45, 2.75) is 23.7 Å². The smallest absolute Gasteiger partial charge is 0.307 e. The average Bonchev–Trinajstić information content (AvgIpc) is 3.08. The summed E-state index contributed by atoms with van der Waals surface area (Å²) in [6.45, 7) is 1.26. The van der Waals surface area contributed by atoms with Gasteiger partial charge < -0.3 is 10.1 Å². The molecular weight excluding hydrogens is 435 g/mol. The second-order valence-corrected chi connectivity index (χ2v) is 9.17. The van der Waals surface area contributed by atoms with E-state index in [0.29, 0.717) is 15.7 Å². The van der Waals surface area contributed by atoms with E-state index >= 15 is 0 Å². The number of halogens is 2. The zero-order valence-electron chi connectivity index (χ0n) is 14.1. The third-order valence-electron chi connectivity index (χ3n) is 3.19. The third-order valence-corrected chi connectivity index (χ3v) is 6.48. The van der Waals surface area contributed by atoms with Crippen LogP contribution in [0.4, 0.5) is 5.69 Å². The molecule has 1 heterocycles. The molecule has 0 aliphatic rings. The maximum absolute atomic E-state index is 12.1. The van der Waals surface area contributed by atoms with E-state index in [0.717, 1.165) is 11.3 Å². The molecule has 0 saturated carbocycles. The number of carbonyl (C=O) groups is 2. The maximum Gasteiger partial charge on any atom is 0.307 e. The number of ether oxygens (including phenoxy) is 1. The van der Waals surface area contributed by atoms with E-state index in [1.54, 1.807) is 11.4 Å². The second-order valence-electron chi connectivity index (χ2n) is 5.36. The van der Waals surface area contributed by atoms with Gasteiger partial charge in [0.05, 0.1) is 6.42 Å². The number of rotatable bonds is 8. The number of hydrogen-bond donors (Lipinski definition) is 2. The Balaban J connectivity index is 1.80. The Morgan fingerprint density at radius 1 is 1.22 bits per heavy atom. The molecule has 0 aliphatic heterocycles. The summed E-state index contributed by atoms with van der Waals surface area (Å²) >= 11 is 12.8. The van der Waals surface area contributed by atoms with Gasteiger partial charge in [0.1, 0.15) is 4.21 Å². The lowest BCUT2D eigenvalue weighted by Crippen LogP contribution is -2.32. The fourth-order valence-electron chi connectivity index (χ4n) is 1.95. The molecule has 0 aliphatic carbocycles. The van der Waals surface area contributed by atoms with Crippen LogP contribution in [-0.2, 0) is 24.3 Å². The highest BCUT2D eigenvalue weighted by molar-refractivity contribution is 7.91. The second kappa shape index (κ2) is 9.52. The molecule has 7 nitrogen and oxygen atoms in total. The summed E-state index contributed by atoms with van der Waals surface area (Å²) < 4.78 is 31.3. The molecule has 0 bridgehead atoms. The molecular formula is C16H16Cl2N2O5S2. The fourth-order valence-corrected chi connectivity index (χ4v) is 4.55. The largest absolute Gasteiger partial charge is 0.452 e. The monoisotopic (exact) mass is 450 g/mol. The van der Waals surface area contributed by atoms with E-state index in [-0.39, 0.29) is 17.2 Å². The van der Waals surface area contributed by atoms with Gasteiger partial charge in [0, 0.05) is 22.3 Å². The lowest BCUT2D eigenvalue weighted by atomic mass is 10.3. The first kappa shape index (κ1) is 21.6. The lowest BCUT2D eigenvalue weighted by Gasteiger charge is -2.14. The highest BCUT2D eigenvalue weighted by Crippen LogP contribution is 2.22. The molecule has 0 spiro atoms. The van der Waals surface area contributed by atoms with E-state index in [2.05, 4.69) is 10.0 Å². The summed E-state index contributed by atoms with van der Waals surface area (Å²) in [6.07, 6.45) is -1.30. The molecule has 1 amide bonds. The van der Waals surface area contributed by atoms with Gasteiger partial charge in [0.25, 0.3) is 5.91 Å². The molecule has 2 aromatic rings. The number of benzene rings is 1. The van der Waals surface area contributed by atoms with Crippen molar-refractivity contribution >= 4 is 62.1 Å². The van der Waals surface area contributed by atoms with Gasteiger partial charge in [0.15, 0.2) is 6.10 Å². The maximum atomic E-state index is 12.1. The molecule has 146 valence electrons. The Bertz CT molecular complexity index is 897. The Morgan fingerprint density at radius 3 is 2.48 bits per heavy atom. The van der Waals surface area contributed by atoms with Crippen molar-refractivity contribution in [2.75, 3.05) is 11.9 Å². The van der Waals surface area contributed by atoms with Crippen molar-refractivity contribution in [3.8, 4) is 0 Å². The SMILES string of the molecule is CC(OC(=O)CCNS(=O)(=O)c1cccs1)C(=O)Nc1cc(Cl)cc(Cl)c1. The number of thiophene rings is 1. The lowest BCUT2D eigenvalue weighted by molar-refractivity contribution is -0.152. The predicted molar refractivity (Wildman–Crippen MR) is 105 cm³/mol. The minimum absolute atomic E-state index is 0.142. The van der Waals surface area contributed by atoms with Gasteiger partial charge in [0.2, 0.25) is 10.0 Å². The van der Waals surface area contributed by atoms with Crippen molar-refractivity contribution in [2.24, 2.45) is 0 Å². The van der Waals surface area contributed by atoms with Crippen LogP contribution in [0, 0.1) is 0 Å². The predicted octanol–water partition coefficient (Wildman–Crippen LogP) is 3.29. The fraction of sp³-hybridized carbons (Fsp3) is 0.250. The van der Waals surface area contributed by atoms with Gasteiger partial charge in [-0.05, 0) is 36.6 Å². The van der Waals surface area contributed by atoms with Gasteiger partial charge in [-0.25, -0.2) is 13.1 Å². The van der Waals surface area contributed by atoms with Crippen LogP contribution < -0.4 is 10.0 Å². The Hall–Kier alpha value is -1.65. The minimum atomic E-state index is -3.65. The molecule has 2 rings (SSSR count). The Kier molecular flexibility index (Phi) is 7.63. The normalized spacial score (nSPS) is 12.4. The summed E-state index contributed by atoms with van der Waals surface area (Å²) in [5, 5.41) is 4.86. The first-order valence-electron chi connectivity index (χ1n) is 7.67. The van der Waals surface area contributed by atoms with E-state index in [1.165, 1.54) is 31.2 Å². The van der Waals surface area contributed by atoms with Gasteiger partial charge >= 0.3 is 5.97 Å². The number of carbonyl (C=O) groups excluding carboxylic acids is 2. The van der Waals surface area contributed by atoms with Crippen LogP contribution in [0.3, 0.4) is 0 Å². The summed E-state index contributed by atoms with van der Waals surface area (Å²) in [6, 6.07) is 7.58. The number of sulfonamides is 1. The van der Waals surface area contributed by atoms with Gasteiger partial charge in [-0.15, -0.1) is 11.3 Å². The van der Waals surface area contributed by atoms with Crippen molar-refractivity contribution < 1.29 is 22.7 Å². The first-order chi connectivity index (χ1) is 12.7. The van der Waals surface area contributed by atoms with Crippen molar-refractivity contribution in [3.05, 3.63) is 45.8 Å². The standard InChI is InChI=1S/C16H16Cl2N2O5S2/c1-10(16(22)20-13-8-11(17)7-12(18)9-13)25-14(21)4-5-19-27(23,24)15-3-2-6-26-15/h2-3,6-10,19H,4-5H2,1H3,(H,20,22). The Morgan fingerprint density at radius 2 is 1.89 bits per heavy atom. The van der Waals surface area contributed by atoms with Gasteiger partial charge in [-0.3, -0.25) is 9.59 Å². The van der Waals surface area contributed by atoms with Crippen LogP contribution in [0.25, 0.3) is 0 Å². The van der Waals surface area contributed by atoms with Crippen LogP contribution in [0.2, 0.25) is 10.0 Å². The highest BCUT2D eigenvalue weighted by atomic mass is 35.5. The van der Waals surface area contributed by atoms with Crippen LogP contribution in [0.1, 0.15) is 13.3 Å². The number of esters is 1. The zero-order valence-corrected chi connectivity index (χ0v) is 17.2. The molecule has 0 saturated heterocycles. The average molecular weight is 451 g/mol. The van der Waals surface area contributed by atoms with Gasteiger partial charge in [-0.2, -0.15) is 0 Å². The molecule has 1 unspecified atom stereocenters. The molecule has 1 aromatic carbocycles. The number of hydrogen-bond acceptors (Lipinski definition) is 6. The number of anilines is 1. The molecule has 0 radical (unpaired) electrons. The van der Waals surface area contributed by atoms with Crippen LogP contribution >= 0.6 is 34.5 Å². The van der Waals surface area contributed by atoms with Crippen LogP contribution in [0.15, 0.2) is 39.9 Å². The molecule has 27 heavy (non-hydrogen) atoms. The van der Waals surface area contributed by atoms with Crippen LogP contribution in [-0.4, -0.2) is 32.9 Å². The van der Waals surface area contributed by atoms with Crippen molar-refractivity contribution in [3.63, 3.8) is 0 Å². The quantitative estimate of drug-likeness (QED) is 0.600. The van der Waals surface area contributed by atoms with Crippen molar-refractivity contribution in [1.82, 2.24) is 4.72 Å². The number of nitrogens with one attached hydrogen (secondary N) is 2. The topological polar surface area (TPSA) is 102 Å². The zero-order chi connectivity index (χ0) is 20.0. The molecule has 1 atom stereocenters. The van der Waals surface area contributed by atoms with Crippen LogP contribution in [0.5, 0.6) is 0 Å². The van der Waals surface area contributed by atoms with Crippen molar-refractivity contribution in [1.29, 1.82) is 0 Å². The Labute approximate surface area is 170 Å². The molecule has 11 heteroatoms. The summed E-state index contributed by atoms with van der Waals surface area (Å²) in [4.78, 5) is 23.9. The summed E-state index contributed by atoms with van der Waals surface area (Å²) in [5.41, 5.74) is 0.365. The third kappa shape index (κ3) is 6.78.